The molecule has 0 aliphatic heterocycles. The van der Waals surface area contributed by atoms with Crippen molar-refractivity contribution in [2.45, 2.75) is 19.9 Å². The van der Waals surface area contributed by atoms with Crippen molar-refractivity contribution in [2.24, 2.45) is 7.05 Å². The number of rotatable bonds is 3. The molecule has 0 saturated carbocycles. The van der Waals surface area contributed by atoms with Gasteiger partial charge >= 0.3 is 0 Å². The Morgan fingerprint density at radius 1 is 1.37 bits per heavy atom. The molecule has 2 aromatic rings. The van der Waals surface area contributed by atoms with Gasteiger partial charge in [-0.25, -0.2) is 4.39 Å². The average molecular weight is 261 g/mol. The molecule has 0 fully saturated rings. The van der Waals surface area contributed by atoms with Gasteiger partial charge in [0.1, 0.15) is 11.5 Å². The summed E-state index contributed by atoms with van der Waals surface area (Å²) in [7, 11) is 1.69. The number of amides is 1. The number of carbonyl (C=O) groups is 1. The van der Waals surface area contributed by atoms with Crippen LogP contribution in [0.1, 0.15) is 24.3 Å². The molecule has 0 atom stereocenters. The van der Waals surface area contributed by atoms with Crippen LogP contribution in [0, 0.1) is 5.82 Å². The maximum Gasteiger partial charge on any atom is 0.269 e. The minimum absolute atomic E-state index is 0.0556. The first-order valence-electron chi connectivity index (χ1n) is 6.08. The number of carbonyl (C=O) groups excluding carboxylic acids is 1. The highest BCUT2D eigenvalue weighted by Gasteiger charge is 2.15. The third kappa shape index (κ3) is 2.99. The van der Waals surface area contributed by atoms with E-state index in [1.165, 1.54) is 16.8 Å². The Balaban J connectivity index is 2.33. The molecule has 0 unspecified atom stereocenters. The van der Waals surface area contributed by atoms with Gasteiger partial charge in [0.15, 0.2) is 0 Å². The number of benzene rings is 1. The Bertz CT molecular complexity index is 604. The molecule has 2 rings (SSSR count). The van der Waals surface area contributed by atoms with Crippen LogP contribution in [0.4, 0.5) is 4.39 Å². The topological polar surface area (TPSA) is 46.9 Å². The van der Waals surface area contributed by atoms with Crippen molar-refractivity contribution in [1.82, 2.24) is 15.1 Å². The van der Waals surface area contributed by atoms with E-state index in [1.54, 1.807) is 25.2 Å². The van der Waals surface area contributed by atoms with E-state index in [1.807, 2.05) is 13.8 Å². The molecule has 0 radical (unpaired) electrons. The molecule has 0 aliphatic rings. The van der Waals surface area contributed by atoms with Crippen molar-refractivity contribution in [3.63, 3.8) is 0 Å². The highest BCUT2D eigenvalue weighted by Crippen LogP contribution is 2.19. The Kier molecular flexibility index (Phi) is 3.64. The Morgan fingerprint density at radius 2 is 2.11 bits per heavy atom. The second kappa shape index (κ2) is 5.22. The zero-order valence-corrected chi connectivity index (χ0v) is 11.1. The van der Waals surface area contributed by atoms with Crippen molar-refractivity contribution in [3.05, 3.63) is 41.8 Å². The molecule has 5 heteroatoms. The van der Waals surface area contributed by atoms with Crippen LogP contribution < -0.4 is 5.32 Å². The van der Waals surface area contributed by atoms with Crippen molar-refractivity contribution >= 4 is 5.91 Å². The lowest BCUT2D eigenvalue weighted by molar-refractivity contribution is 0.0933. The number of nitrogens with zero attached hydrogens (tertiary/aromatic N) is 2. The van der Waals surface area contributed by atoms with Crippen LogP contribution in [0.5, 0.6) is 0 Å². The van der Waals surface area contributed by atoms with Crippen LogP contribution in [0.2, 0.25) is 0 Å². The maximum atomic E-state index is 13.2. The van der Waals surface area contributed by atoms with E-state index in [9.17, 15) is 9.18 Å². The zero-order chi connectivity index (χ0) is 14.0. The van der Waals surface area contributed by atoms with E-state index < -0.39 is 0 Å². The van der Waals surface area contributed by atoms with Crippen molar-refractivity contribution in [3.8, 4) is 11.3 Å². The summed E-state index contributed by atoms with van der Waals surface area (Å²) in [6.07, 6.45) is 0. The van der Waals surface area contributed by atoms with Gasteiger partial charge in [-0.3, -0.25) is 9.48 Å². The summed E-state index contributed by atoms with van der Waals surface area (Å²) in [5.74, 6) is -0.510. The predicted octanol–water partition coefficient (Wildman–Crippen LogP) is 2.36. The van der Waals surface area contributed by atoms with Gasteiger partial charge in [-0.2, -0.15) is 5.10 Å². The normalized spacial score (nSPS) is 10.8. The molecule has 0 bridgehead atoms. The fraction of sp³-hybridized carbons (Fsp3) is 0.286. The largest absolute Gasteiger partial charge is 0.349 e. The van der Waals surface area contributed by atoms with Gasteiger partial charge in [0, 0.05) is 18.7 Å². The molecule has 1 aromatic carbocycles. The monoisotopic (exact) mass is 261 g/mol. The molecule has 100 valence electrons. The Hall–Kier alpha value is -2.17. The van der Waals surface area contributed by atoms with Crippen molar-refractivity contribution in [2.75, 3.05) is 0 Å². The summed E-state index contributed by atoms with van der Waals surface area (Å²) in [5, 5.41) is 7.04. The second-order valence-electron chi connectivity index (χ2n) is 4.68. The molecule has 1 amide bonds. The second-order valence-corrected chi connectivity index (χ2v) is 4.68. The van der Waals surface area contributed by atoms with E-state index >= 15 is 0 Å². The molecule has 4 nitrogen and oxygen atoms in total. The van der Waals surface area contributed by atoms with E-state index in [0.29, 0.717) is 17.0 Å². The first-order chi connectivity index (χ1) is 8.97. The van der Waals surface area contributed by atoms with Gasteiger partial charge in [-0.15, -0.1) is 0 Å². The van der Waals surface area contributed by atoms with Crippen LogP contribution in [0.3, 0.4) is 0 Å². The van der Waals surface area contributed by atoms with Crippen LogP contribution in [0.15, 0.2) is 30.3 Å². The first-order valence-corrected chi connectivity index (χ1v) is 6.08. The number of aryl methyl sites for hydroxylation is 1. The highest BCUT2D eigenvalue weighted by atomic mass is 19.1. The molecule has 0 spiro atoms. The zero-order valence-electron chi connectivity index (χ0n) is 11.1. The molecule has 19 heavy (non-hydrogen) atoms. The predicted molar refractivity (Wildman–Crippen MR) is 71.2 cm³/mol. The molecule has 1 aromatic heterocycles. The molecule has 0 aliphatic carbocycles. The first kappa shape index (κ1) is 13.3. The summed E-state index contributed by atoms with van der Waals surface area (Å²) in [6, 6.07) is 7.86. The summed E-state index contributed by atoms with van der Waals surface area (Å²) < 4.78 is 14.7. The lowest BCUT2D eigenvalue weighted by Gasteiger charge is -2.07. The Labute approximate surface area is 111 Å². The van der Waals surface area contributed by atoms with E-state index in [-0.39, 0.29) is 17.8 Å². The fourth-order valence-corrected chi connectivity index (χ4v) is 1.80. The number of hydrogen-bond donors (Lipinski definition) is 1. The van der Waals surface area contributed by atoms with Crippen LogP contribution in [-0.2, 0) is 7.05 Å². The summed E-state index contributed by atoms with van der Waals surface area (Å²) in [4.78, 5) is 11.9. The lowest BCUT2D eigenvalue weighted by atomic mass is 10.1. The minimum atomic E-state index is -0.323. The third-order valence-corrected chi connectivity index (χ3v) is 2.65. The molecule has 0 saturated heterocycles. The lowest BCUT2D eigenvalue weighted by Crippen LogP contribution is -2.31. The minimum Gasteiger partial charge on any atom is -0.349 e. The number of nitrogens with one attached hydrogen (secondary N) is 1. The van der Waals surface area contributed by atoms with Crippen molar-refractivity contribution < 1.29 is 9.18 Å². The van der Waals surface area contributed by atoms with Crippen LogP contribution in [-0.4, -0.2) is 21.7 Å². The van der Waals surface area contributed by atoms with Gasteiger partial charge in [0.25, 0.3) is 5.91 Å². The summed E-state index contributed by atoms with van der Waals surface area (Å²) >= 11 is 0. The molecule has 1 heterocycles. The Morgan fingerprint density at radius 3 is 2.74 bits per heavy atom. The van der Waals surface area contributed by atoms with Gasteiger partial charge in [0.2, 0.25) is 0 Å². The van der Waals surface area contributed by atoms with E-state index in [0.717, 1.165) is 0 Å². The van der Waals surface area contributed by atoms with Gasteiger partial charge in [0.05, 0.1) is 5.69 Å². The fourth-order valence-electron chi connectivity index (χ4n) is 1.80. The number of halogens is 1. The smallest absolute Gasteiger partial charge is 0.269 e. The van der Waals surface area contributed by atoms with E-state index in [2.05, 4.69) is 10.4 Å². The highest BCUT2D eigenvalue weighted by molar-refractivity contribution is 5.93. The average Bonchev–Trinajstić information content (AvgIpc) is 2.70. The third-order valence-electron chi connectivity index (χ3n) is 2.65. The molecular formula is C14H16FN3O. The van der Waals surface area contributed by atoms with Crippen LogP contribution >= 0.6 is 0 Å². The number of hydrogen-bond acceptors (Lipinski definition) is 2. The van der Waals surface area contributed by atoms with Crippen molar-refractivity contribution in [1.29, 1.82) is 0 Å². The maximum absolute atomic E-state index is 13.2. The SMILES string of the molecule is CC(C)NC(=O)c1cc(-c2cccc(F)c2)nn1C. The molecule has 1 N–H and O–H groups in total. The van der Waals surface area contributed by atoms with Gasteiger partial charge in [-0.05, 0) is 32.0 Å². The summed E-state index contributed by atoms with van der Waals surface area (Å²) in [6.45, 7) is 3.78. The van der Waals surface area contributed by atoms with E-state index in [4.69, 9.17) is 0 Å². The standard InChI is InChI=1S/C14H16FN3O/c1-9(2)16-14(19)13-8-12(17-18(13)3)10-5-4-6-11(15)7-10/h4-9H,1-3H3,(H,16,19). The van der Waals surface area contributed by atoms with Crippen LogP contribution in [0.25, 0.3) is 11.3 Å². The van der Waals surface area contributed by atoms with Gasteiger partial charge < -0.3 is 5.32 Å². The van der Waals surface area contributed by atoms with Gasteiger partial charge in [-0.1, -0.05) is 12.1 Å². The number of aromatic nitrogens is 2. The summed E-state index contributed by atoms with van der Waals surface area (Å²) in [5.41, 5.74) is 1.68. The molecular weight excluding hydrogens is 245 g/mol. The quantitative estimate of drug-likeness (QED) is 0.922.